The van der Waals surface area contributed by atoms with Gasteiger partial charge in [0.25, 0.3) is 5.91 Å². The first kappa shape index (κ1) is 24.2. The van der Waals surface area contributed by atoms with Crippen LogP contribution in [0.1, 0.15) is 25.7 Å². The highest BCUT2D eigenvalue weighted by molar-refractivity contribution is 7.93. The van der Waals surface area contributed by atoms with Crippen molar-refractivity contribution < 1.29 is 28.0 Å². The van der Waals surface area contributed by atoms with Gasteiger partial charge in [-0.2, -0.15) is 0 Å². The Labute approximate surface area is 199 Å². The van der Waals surface area contributed by atoms with Crippen LogP contribution in [-0.4, -0.2) is 72.7 Å². The minimum Gasteiger partial charge on any atom is -0.457 e. The zero-order valence-corrected chi connectivity index (χ0v) is 19.7. The normalized spacial score (nSPS) is 18.4. The highest BCUT2D eigenvalue weighted by Gasteiger charge is 2.53. The monoisotopic (exact) mass is 487 g/mol. The van der Waals surface area contributed by atoms with Gasteiger partial charge in [0.15, 0.2) is 14.6 Å². The zero-order valence-electron chi connectivity index (χ0n) is 18.9. The molecule has 4 rings (SSSR count). The number of benzene rings is 2. The predicted octanol–water partition coefficient (Wildman–Crippen LogP) is 2.21. The first-order valence-electron chi connectivity index (χ1n) is 11.4. The van der Waals surface area contributed by atoms with Crippen LogP contribution in [0.25, 0.3) is 0 Å². The van der Waals surface area contributed by atoms with E-state index < -0.39 is 20.5 Å². The van der Waals surface area contributed by atoms with Crippen molar-refractivity contribution in [1.82, 2.24) is 15.3 Å². The largest absolute Gasteiger partial charge is 0.457 e. The maximum absolute atomic E-state index is 13.6. The third kappa shape index (κ3) is 4.79. The molecule has 0 aliphatic carbocycles. The predicted molar refractivity (Wildman–Crippen MR) is 124 cm³/mol. The van der Waals surface area contributed by atoms with E-state index in [1.165, 1.54) is 24.3 Å². The molecule has 2 aliphatic heterocycles. The van der Waals surface area contributed by atoms with Gasteiger partial charge in [-0.25, -0.2) is 13.9 Å². The third-order valence-electron chi connectivity index (χ3n) is 6.62. The van der Waals surface area contributed by atoms with Gasteiger partial charge in [-0.15, -0.1) is 0 Å². The molecule has 34 heavy (non-hydrogen) atoms. The molecular formula is C24H29N3O6S. The Morgan fingerprint density at radius 2 is 1.50 bits per heavy atom. The molecule has 2 N–H and O–H groups in total. The van der Waals surface area contributed by atoms with Gasteiger partial charge in [-0.05, 0) is 75.2 Å². The second-order valence-electron chi connectivity index (χ2n) is 8.69. The molecule has 0 saturated carbocycles. The van der Waals surface area contributed by atoms with E-state index in [1.807, 2.05) is 18.2 Å². The Morgan fingerprint density at radius 1 is 0.912 bits per heavy atom. The molecule has 2 saturated heterocycles. The number of rotatable bonds is 7. The van der Waals surface area contributed by atoms with Gasteiger partial charge in [-0.1, -0.05) is 18.2 Å². The van der Waals surface area contributed by atoms with Gasteiger partial charge in [0.05, 0.1) is 11.4 Å². The summed E-state index contributed by atoms with van der Waals surface area (Å²) in [6, 6.07) is 14.9. The van der Waals surface area contributed by atoms with Gasteiger partial charge in [0.2, 0.25) is 5.91 Å². The summed E-state index contributed by atoms with van der Waals surface area (Å²) in [6.07, 6.45) is 1.94. The molecule has 0 atom stereocenters. The number of ether oxygens (including phenoxy) is 1. The van der Waals surface area contributed by atoms with E-state index in [4.69, 9.17) is 4.74 Å². The van der Waals surface area contributed by atoms with Crippen LogP contribution in [0, 0.1) is 0 Å². The molecule has 0 aromatic heterocycles. The van der Waals surface area contributed by atoms with E-state index in [0.29, 0.717) is 18.0 Å². The smallest absolute Gasteiger partial charge is 0.265 e. The van der Waals surface area contributed by atoms with Crippen LogP contribution in [0.15, 0.2) is 59.5 Å². The van der Waals surface area contributed by atoms with Gasteiger partial charge in [0.1, 0.15) is 11.5 Å². The Morgan fingerprint density at radius 3 is 2.09 bits per heavy atom. The lowest BCUT2D eigenvalue weighted by Crippen LogP contribution is -2.59. The molecule has 2 aliphatic rings. The van der Waals surface area contributed by atoms with Crippen molar-refractivity contribution in [3.8, 4) is 11.5 Å². The minimum atomic E-state index is -4.17. The number of amides is 2. The molecule has 0 unspecified atom stereocenters. The fourth-order valence-electron chi connectivity index (χ4n) is 4.61. The van der Waals surface area contributed by atoms with Crippen LogP contribution in [-0.2, 0) is 19.4 Å². The Balaban J connectivity index is 1.50. The third-order valence-corrected chi connectivity index (χ3v) is 9.14. The Kier molecular flexibility index (Phi) is 7.20. The molecule has 2 amide bonds. The van der Waals surface area contributed by atoms with Gasteiger partial charge in [-0.3, -0.25) is 19.7 Å². The zero-order chi connectivity index (χ0) is 24.2. The minimum absolute atomic E-state index is 0.0478. The number of hydrogen-bond acceptors (Lipinski definition) is 7. The molecule has 2 aromatic carbocycles. The number of sulfone groups is 1. The molecule has 10 heteroatoms. The molecule has 0 bridgehead atoms. The van der Waals surface area contributed by atoms with Gasteiger partial charge < -0.3 is 9.64 Å². The fourth-order valence-corrected chi connectivity index (χ4v) is 6.56. The van der Waals surface area contributed by atoms with Crippen molar-refractivity contribution >= 4 is 21.7 Å². The van der Waals surface area contributed by atoms with Crippen LogP contribution in [0.2, 0.25) is 0 Å². The maximum Gasteiger partial charge on any atom is 0.265 e. The number of hydrogen-bond donors (Lipinski definition) is 2. The fraction of sp³-hybridized carbons (Fsp3) is 0.417. The highest BCUT2D eigenvalue weighted by atomic mass is 32.2. The first-order valence-corrected chi connectivity index (χ1v) is 12.9. The summed E-state index contributed by atoms with van der Waals surface area (Å²) in [5.41, 5.74) is 1.54. The lowest BCUT2D eigenvalue weighted by molar-refractivity contribution is -0.138. The number of para-hydroxylation sites is 1. The van der Waals surface area contributed by atoms with Crippen LogP contribution in [0.4, 0.5) is 0 Å². The quantitative estimate of drug-likeness (QED) is 0.454. The van der Waals surface area contributed by atoms with Crippen molar-refractivity contribution in [3.05, 3.63) is 54.6 Å². The Bertz CT molecular complexity index is 1110. The molecule has 2 fully saturated rings. The molecule has 2 heterocycles. The summed E-state index contributed by atoms with van der Waals surface area (Å²) in [5.74, 6) is 0.0109. The average Bonchev–Trinajstić information content (AvgIpc) is 3.37. The standard InChI is InChI=1S/C24H29N3O6S/c28-22(18-26-14-4-5-15-26)27-16-12-24(13-17-27,23(29)25-30)34(31,32)21-10-8-20(9-11-21)33-19-6-2-1-3-7-19/h1-3,6-11,30H,4-5,12-18H2,(H,25,29). The topological polar surface area (TPSA) is 116 Å². The second-order valence-corrected chi connectivity index (χ2v) is 10.9. The van der Waals surface area contributed by atoms with Crippen LogP contribution >= 0.6 is 0 Å². The van der Waals surface area contributed by atoms with E-state index in [1.54, 1.807) is 22.5 Å². The molecule has 9 nitrogen and oxygen atoms in total. The molecule has 0 radical (unpaired) electrons. The molecule has 2 aromatic rings. The second kappa shape index (κ2) is 10.1. The number of carbonyl (C=O) groups is 2. The summed E-state index contributed by atoms with van der Waals surface area (Å²) in [7, 11) is -4.17. The maximum atomic E-state index is 13.6. The SMILES string of the molecule is O=C(CN1CCCC1)N1CCC(C(=O)NO)(S(=O)(=O)c2ccc(Oc3ccccc3)cc2)CC1. The van der Waals surface area contributed by atoms with Crippen molar-refractivity contribution in [1.29, 1.82) is 0 Å². The van der Waals surface area contributed by atoms with E-state index >= 15 is 0 Å². The van der Waals surface area contributed by atoms with E-state index in [2.05, 4.69) is 4.90 Å². The molecular weight excluding hydrogens is 458 g/mol. The summed E-state index contributed by atoms with van der Waals surface area (Å²) in [5, 5.41) is 9.36. The van der Waals surface area contributed by atoms with E-state index in [-0.39, 0.29) is 36.7 Å². The van der Waals surface area contributed by atoms with Crippen molar-refractivity contribution in [2.75, 3.05) is 32.7 Å². The van der Waals surface area contributed by atoms with E-state index in [9.17, 15) is 23.2 Å². The lowest BCUT2D eigenvalue weighted by atomic mass is 9.94. The summed E-state index contributed by atoms with van der Waals surface area (Å²) >= 11 is 0. The lowest BCUT2D eigenvalue weighted by Gasteiger charge is -2.39. The number of piperidine rings is 1. The Hall–Kier alpha value is -2.95. The molecule has 0 spiro atoms. The number of hydroxylamine groups is 1. The van der Waals surface area contributed by atoms with Crippen molar-refractivity contribution in [2.45, 2.75) is 35.3 Å². The van der Waals surface area contributed by atoms with Gasteiger partial charge >= 0.3 is 0 Å². The number of likely N-dealkylation sites (tertiary alicyclic amines) is 2. The summed E-state index contributed by atoms with van der Waals surface area (Å²) in [4.78, 5) is 29.0. The van der Waals surface area contributed by atoms with Gasteiger partial charge in [0, 0.05) is 13.1 Å². The summed E-state index contributed by atoms with van der Waals surface area (Å²) in [6.45, 7) is 2.31. The summed E-state index contributed by atoms with van der Waals surface area (Å²) < 4.78 is 31.1. The van der Waals surface area contributed by atoms with Crippen molar-refractivity contribution in [2.24, 2.45) is 0 Å². The average molecular weight is 488 g/mol. The van der Waals surface area contributed by atoms with Crippen LogP contribution < -0.4 is 10.2 Å². The van der Waals surface area contributed by atoms with Crippen LogP contribution in [0.3, 0.4) is 0 Å². The molecule has 182 valence electrons. The highest BCUT2D eigenvalue weighted by Crippen LogP contribution is 2.37. The van der Waals surface area contributed by atoms with E-state index in [0.717, 1.165) is 25.9 Å². The first-order chi connectivity index (χ1) is 16.4. The number of nitrogens with zero attached hydrogens (tertiary/aromatic N) is 2. The number of carbonyl (C=O) groups excluding carboxylic acids is 2. The van der Waals surface area contributed by atoms with Crippen LogP contribution in [0.5, 0.6) is 11.5 Å². The van der Waals surface area contributed by atoms with Crippen molar-refractivity contribution in [3.63, 3.8) is 0 Å². The number of nitrogens with one attached hydrogen (secondary N) is 1.